The third-order valence-corrected chi connectivity index (χ3v) is 31.3. The van der Waals surface area contributed by atoms with E-state index in [0.717, 1.165) is 139 Å². The number of Topliss-reactive ketones (excluding diaryl/α,β-unsaturated/α-hetero) is 2. The molecule has 542 valence electrons. The Bertz CT molecular complexity index is 3120. The number of amides is 8. The van der Waals surface area contributed by atoms with Gasteiger partial charge in [0.2, 0.25) is 0 Å². The van der Waals surface area contributed by atoms with E-state index in [9.17, 15) is 47.9 Å². The number of unbranched alkanes of at least 4 members (excludes halogenated alkanes) is 11. The van der Waals surface area contributed by atoms with Crippen molar-refractivity contribution in [2.45, 2.75) is 245 Å². The minimum atomic E-state index is -2.08. The van der Waals surface area contributed by atoms with Crippen molar-refractivity contribution in [2.24, 2.45) is 12.0 Å². The van der Waals surface area contributed by atoms with Crippen LogP contribution in [0.1, 0.15) is 153 Å². The van der Waals surface area contributed by atoms with Crippen molar-refractivity contribution in [3.8, 4) is 0 Å². The normalized spacial score (nSPS) is 12.7. The molecule has 2 aromatic heterocycles. The Morgan fingerprint density at radius 2 is 0.823 bits per heavy atom. The molecule has 3 heterocycles. The minimum absolute atomic E-state index is 0.00599. The Hall–Kier alpha value is -6.55. The number of H-pyrrole nitrogens is 1. The lowest BCUT2D eigenvalue weighted by molar-refractivity contribution is -0.119. The maximum atomic E-state index is 13.4. The molecule has 27 nitrogen and oxygen atoms in total. The minimum Gasteiger partial charge on any atom is -0.455 e. The van der Waals surface area contributed by atoms with E-state index >= 15 is 0 Å². The van der Waals surface area contributed by atoms with Gasteiger partial charge in [-0.15, -0.1) is 0 Å². The smallest absolute Gasteiger partial charge is 0.336 e. The Morgan fingerprint density at radius 3 is 1.23 bits per heavy atom. The van der Waals surface area contributed by atoms with Crippen LogP contribution in [0.15, 0.2) is 54.3 Å². The number of aryl methyl sites for hydroxylation is 1. The van der Waals surface area contributed by atoms with Crippen molar-refractivity contribution in [1.29, 1.82) is 0 Å². The summed E-state index contributed by atoms with van der Waals surface area (Å²) in [6.45, 7) is 28.8. The average Bonchev–Trinajstić information content (AvgIpc) is 0.795. The van der Waals surface area contributed by atoms with Gasteiger partial charge in [0.05, 0.1) is 12.8 Å². The van der Waals surface area contributed by atoms with Gasteiger partial charge in [0.15, 0.2) is 33.3 Å². The van der Waals surface area contributed by atoms with Crippen LogP contribution in [-0.2, 0) is 44.4 Å². The number of aliphatic imine (C=N–C) groups is 1. The van der Waals surface area contributed by atoms with Crippen molar-refractivity contribution in [3.63, 3.8) is 0 Å². The number of ketones is 2. The van der Waals surface area contributed by atoms with E-state index in [2.05, 4.69) is 122 Å². The molecule has 0 bridgehead atoms. The van der Waals surface area contributed by atoms with Crippen LogP contribution in [0.25, 0.3) is 0 Å². The van der Waals surface area contributed by atoms with Gasteiger partial charge in [0, 0.05) is 108 Å². The van der Waals surface area contributed by atoms with Gasteiger partial charge in [-0.25, -0.2) is 57.2 Å². The number of hydrogen-bond donors (Lipinski definition) is 10. The summed E-state index contributed by atoms with van der Waals surface area (Å²) >= 11 is 0. The Labute approximate surface area is 573 Å². The lowest BCUT2D eigenvalue weighted by Crippen LogP contribution is -2.54. The standard InChI is InChI=1S/C65H119N15O12Si4/c1-51-47-52(2)75-56(74-51)49-54(81)31-21-15-13-17-23-33-66-59(84)69-36-27-43-93(5,6)91-94(7,8)45-29-38-71-61(86)68-35-25-19-20-26-41-79-63(88)78(4)64(89)80(65(79)90)42-40-73-62(87)72-39-30-46-96(11,12)92-95(9,10)44-28-37-70-60(85)67-34-24-18-14-16-22-32-55(82)50-57-76-53(3)48-58(83)77-57/h47-48H,1,13-46,49-50H2,2-12H3,(H,74,75)(H2,66,69,84)(H2,67,70,85)(H2,68,71,86)(H2,72,73,87)(H,76,77,83). The summed E-state index contributed by atoms with van der Waals surface area (Å²) in [7, 11) is -6.77. The molecule has 0 aromatic carbocycles. The van der Waals surface area contributed by atoms with Gasteiger partial charge in [-0.1, -0.05) is 57.9 Å². The van der Waals surface area contributed by atoms with Gasteiger partial charge in [-0.05, 0) is 161 Å². The largest absolute Gasteiger partial charge is 0.455 e. The number of rotatable bonds is 50. The van der Waals surface area contributed by atoms with Gasteiger partial charge >= 0.3 is 41.2 Å². The molecular formula is C65H119N15O12Si4. The molecule has 8 amide bonds. The molecule has 0 atom stereocenters. The number of allylic oxidation sites excluding steroid dienone is 2. The van der Waals surface area contributed by atoms with Crippen LogP contribution < -0.4 is 70.5 Å². The van der Waals surface area contributed by atoms with E-state index in [1.54, 1.807) is 6.92 Å². The molecule has 96 heavy (non-hydrogen) atoms. The Balaban J connectivity index is 1.17. The fourth-order valence-corrected chi connectivity index (χ4v) is 29.4. The summed E-state index contributed by atoms with van der Waals surface area (Å²) in [6.07, 6.45) is 18.2. The topological polar surface area (TPSA) is 353 Å². The Kier molecular flexibility index (Phi) is 38.7. The summed E-state index contributed by atoms with van der Waals surface area (Å²) in [4.78, 5) is 137. The predicted molar refractivity (Wildman–Crippen MR) is 391 cm³/mol. The number of aromatic nitrogens is 5. The highest BCUT2D eigenvalue weighted by molar-refractivity contribution is 6.85. The molecule has 0 fully saturated rings. The quantitative estimate of drug-likeness (QED) is 0.0221. The molecule has 0 unspecified atom stereocenters. The SMILES string of the molecule is C=C1C=C(C)N=C(CC(=O)CCCCCCCNC(=O)NCCC[Si](C)(C)O[Si](C)(C)CCCNC(=O)NCCCCCCn2c(=O)n(C)c(=O)n(CCNC(=O)NCCC[Si](C)(C)O[Si](C)(C)CCCNC(=O)NCCCCCCCC(=O)Cc3nc(C)cc(=O)[nH]3)c2=O)N1. The van der Waals surface area contributed by atoms with Crippen molar-refractivity contribution >= 4 is 74.8 Å². The van der Waals surface area contributed by atoms with Crippen molar-refractivity contribution in [1.82, 2.24) is 71.5 Å². The number of nitrogens with zero attached hydrogens (tertiary/aromatic N) is 5. The highest BCUT2D eigenvalue weighted by atomic mass is 28.4. The summed E-state index contributed by atoms with van der Waals surface area (Å²) < 4.78 is 16.4. The van der Waals surface area contributed by atoms with Crippen LogP contribution in [0, 0.1) is 6.92 Å². The second kappa shape index (κ2) is 44.4. The molecule has 10 N–H and O–H groups in total. The van der Waals surface area contributed by atoms with E-state index in [-0.39, 0.29) is 61.3 Å². The van der Waals surface area contributed by atoms with Crippen molar-refractivity contribution < 1.29 is 37.0 Å². The van der Waals surface area contributed by atoms with E-state index in [4.69, 9.17) is 8.23 Å². The molecule has 31 heteroatoms. The lowest BCUT2D eigenvalue weighted by Gasteiger charge is -2.34. The number of urea groups is 4. The van der Waals surface area contributed by atoms with E-state index < -0.39 is 56.4 Å². The number of carbonyl (C=O) groups excluding carboxylic acids is 6. The van der Waals surface area contributed by atoms with Gasteiger partial charge in [-0.3, -0.25) is 14.4 Å². The molecular weight excluding hydrogens is 1300 g/mol. The summed E-state index contributed by atoms with van der Waals surface area (Å²) in [6, 6.07) is 3.92. The average molecular weight is 1420 g/mol. The summed E-state index contributed by atoms with van der Waals surface area (Å²) in [5.41, 5.74) is -0.246. The molecule has 1 aliphatic rings. The van der Waals surface area contributed by atoms with Crippen LogP contribution in [0.4, 0.5) is 19.2 Å². The van der Waals surface area contributed by atoms with Crippen LogP contribution in [0.3, 0.4) is 0 Å². The maximum absolute atomic E-state index is 13.4. The first-order chi connectivity index (χ1) is 45.3. The zero-order valence-corrected chi connectivity index (χ0v) is 64.0. The summed E-state index contributed by atoms with van der Waals surface area (Å²) in [5.74, 6) is 1.30. The number of nitrogens with one attached hydrogen (secondary N) is 10. The first-order valence-electron chi connectivity index (χ1n) is 35.0. The fraction of sp³-hybridized carbons (Fsp3) is 0.723. The molecule has 1 aliphatic heterocycles. The molecule has 0 aliphatic carbocycles. The van der Waals surface area contributed by atoms with Crippen LogP contribution in [-0.4, -0.2) is 151 Å². The number of amidine groups is 1. The van der Waals surface area contributed by atoms with Crippen LogP contribution in [0.5, 0.6) is 0 Å². The fourth-order valence-electron chi connectivity index (χ4n) is 11.6. The first-order valence-corrected chi connectivity index (χ1v) is 47.5. The predicted octanol–water partition coefficient (Wildman–Crippen LogP) is 8.14. The Morgan fingerprint density at radius 1 is 0.469 bits per heavy atom. The zero-order valence-electron chi connectivity index (χ0n) is 60.0. The van der Waals surface area contributed by atoms with Crippen molar-refractivity contribution in [3.05, 3.63) is 83.4 Å². The molecule has 2 aromatic rings. The summed E-state index contributed by atoms with van der Waals surface area (Å²) in [5, 5.41) is 26.3. The van der Waals surface area contributed by atoms with Crippen molar-refractivity contribution in [2.75, 3.05) is 52.4 Å². The molecule has 3 rings (SSSR count). The molecule has 0 radical (unpaired) electrons. The van der Waals surface area contributed by atoms with Crippen LogP contribution >= 0.6 is 0 Å². The lowest BCUT2D eigenvalue weighted by atomic mass is 10.1. The van der Waals surface area contributed by atoms with Crippen LogP contribution in [0.2, 0.25) is 76.6 Å². The van der Waals surface area contributed by atoms with Gasteiger partial charge in [0.1, 0.15) is 23.2 Å². The van der Waals surface area contributed by atoms with E-state index in [1.165, 1.54) is 13.1 Å². The number of aromatic amines is 1. The number of hydrogen-bond acceptors (Lipinski definition) is 15. The molecule has 0 saturated heterocycles. The number of carbonyl (C=O) groups is 6. The third kappa shape index (κ3) is 37.8. The highest BCUT2D eigenvalue weighted by Crippen LogP contribution is 2.25. The molecule has 0 saturated carbocycles. The van der Waals surface area contributed by atoms with Gasteiger partial charge < -0.3 is 61.1 Å². The monoisotopic (exact) mass is 1410 g/mol. The third-order valence-electron chi connectivity index (χ3n) is 16.3. The first kappa shape index (κ1) is 83.7. The van der Waals surface area contributed by atoms with E-state index in [0.29, 0.717) is 108 Å². The second-order valence-corrected chi connectivity index (χ2v) is 45.5. The van der Waals surface area contributed by atoms with E-state index in [1.807, 2.05) is 13.0 Å². The molecule has 0 spiro atoms. The van der Waals surface area contributed by atoms with Gasteiger partial charge in [0.25, 0.3) is 5.56 Å². The zero-order chi connectivity index (χ0) is 71.2. The maximum Gasteiger partial charge on any atom is 0.336 e. The van der Waals surface area contributed by atoms with Gasteiger partial charge in [-0.2, -0.15) is 0 Å². The second-order valence-electron chi connectivity index (χ2n) is 27.8. The highest BCUT2D eigenvalue weighted by Gasteiger charge is 2.34.